The van der Waals surface area contributed by atoms with E-state index in [1.807, 2.05) is 26.8 Å². The first-order chi connectivity index (χ1) is 9.97. The Hall–Kier alpha value is -0.970. The van der Waals surface area contributed by atoms with Crippen LogP contribution in [0.3, 0.4) is 0 Å². The van der Waals surface area contributed by atoms with Gasteiger partial charge in [0.25, 0.3) is 0 Å². The highest BCUT2D eigenvalue weighted by atomic mass is 35.5. The highest BCUT2D eigenvalue weighted by Crippen LogP contribution is 2.30. The normalized spacial score (nSPS) is 20.6. The third-order valence-electron chi connectivity index (χ3n) is 3.83. The van der Waals surface area contributed by atoms with E-state index in [0.717, 1.165) is 25.8 Å². The van der Waals surface area contributed by atoms with Crippen LogP contribution in [0.4, 0.5) is 5.69 Å². The molecule has 0 radical (unpaired) electrons. The van der Waals surface area contributed by atoms with Crippen LogP contribution in [0.15, 0.2) is 18.2 Å². The van der Waals surface area contributed by atoms with Gasteiger partial charge in [-0.1, -0.05) is 18.5 Å². The van der Waals surface area contributed by atoms with E-state index in [2.05, 4.69) is 10.6 Å². The molecule has 0 aliphatic carbocycles. The first-order valence-electron chi connectivity index (χ1n) is 7.49. The summed E-state index contributed by atoms with van der Waals surface area (Å²) in [5, 5.41) is 6.78. The minimum absolute atomic E-state index is 0. The van der Waals surface area contributed by atoms with Crippen molar-refractivity contribution in [3.05, 3.63) is 23.2 Å². The number of nitrogens with one attached hydrogen (secondary N) is 2. The van der Waals surface area contributed by atoms with Gasteiger partial charge in [0.15, 0.2) is 0 Å². The summed E-state index contributed by atoms with van der Waals surface area (Å²) in [5.41, 5.74) is 0.252. The monoisotopic (exact) mass is 346 g/mol. The van der Waals surface area contributed by atoms with Crippen LogP contribution < -0.4 is 15.4 Å². The summed E-state index contributed by atoms with van der Waals surface area (Å²) in [4.78, 5) is 12.5. The van der Waals surface area contributed by atoms with Crippen LogP contribution in [0.5, 0.6) is 5.75 Å². The first-order valence-corrected chi connectivity index (χ1v) is 7.87. The maximum absolute atomic E-state index is 12.5. The van der Waals surface area contributed by atoms with Crippen LogP contribution in [-0.4, -0.2) is 24.1 Å². The number of ether oxygens (including phenoxy) is 1. The number of hydrogen-bond donors (Lipinski definition) is 2. The molecular formula is C16H24Cl2N2O2. The summed E-state index contributed by atoms with van der Waals surface area (Å²) in [6, 6.07) is 5.34. The molecule has 1 aromatic rings. The summed E-state index contributed by atoms with van der Waals surface area (Å²) >= 11 is 6.19. The molecule has 2 N–H and O–H groups in total. The van der Waals surface area contributed by atoms with Gasteiger partial charge >= 0.3 is 0 Å². The number of benzene rings is 1. The predicted molar refractivity (Wildman–Crippen MR) is 93.4 cm³/mol. The van der Waals surface area contributed by atoms with Crippen LogP contribution in [0, 0.1) is 0 Å². The van der Waals surface area contributed by atoms with Gasteiger partial charge in [-0.15, -0.1) is 12.4 Å². The maximum Gasteiger partial charge on any atom is 0.244 e. The van der Waals surface area contributed by atoms with Crippen molar-refractivity contribution in [2.24, 2.45) is 0 Å². The van der Waals surface area contributed by atoms with Crippen molar-refractivity contribution in [1.29, 1.82) is 0 Å². The van der Waals surface area contributed by atoms with Crippen LogP contribution >= 0.6 is 24.0 Å². The molecule has 2 rings (SSSR count). The van der Waals surface area contributed by atoms with Gasteiger partial charge in [-0.3, -0.25) is 4.79 Å². The molecule has 1 aromatic carbocycles. The Bertz CT molecular complexity index is 515. The highest BCUT2D eigenvalue weighted by Gasteiger charge is 2.39. The molecule has 1 aliphatic rings. The van der Waals surface area contributed by atoms with Gasteiger partial charge in [0.2, 0.25) is 5.91 Å². The summed E-state index contributed by atoms with van der Waals surface area (Å²) in [7, 11) is 0. The SMILES string of the molecule is CCC1(C(=O)Nc2ccc(OC(C)C)c(Cl)c2)CCCN1.Cl. The first kappa shape index (κ1) is 19.1. The molecule has 124 valence electrons. The van der Waals surface area contributed by atoms with Crippen molar-refractivity contribution in [3.63, 3.8) is 0 Å². The van der Waals surface area contributed by atoms with Crippen LogP contribution in [-0.2, 0) is 4.79 Å². The molecule has 1 aliphatic heterocycles. The highest BCUT2D eigenvalue weighted by molar-refractivity contribution is 6.32. The Morgan fingerprint density at radius 1 is 1.50 bits per heavy atom. The van der Waals surface area contributed by atoms with E-state index >= 15 is 0 Å². The largest absolute Gasteiger partial charge is 0.489 e. The summed E-state index contributed by atoms with van der Waals surface area (Å²) in [6.07, 6.45) is 2.75. The zero-order valence-electron chi connectivity index (χ0n) is 13.2. The van der Waals surface area contributed by atoms with Crippen molar-refractivity contribution in [3.8, 4) is 5.75 Å². The molecule has 0 saturated carbocycles. The molecule has 0 spiro atoms. The predicted octanol–water partition coefficient (Wildman–Crippen LogP) is 4.02. The molecule has 1 fully saturated rings. The van der Waals surface area contributed by atoms with Crippen LogP contribution in [0.2, 0.25) is 5.02 Å². The second-order valence-electron chi connectivity index (χ2n) is 5.73. The summed E-state index contributed by atoms with van der Waals surface area (Å²) in [6.45, 7) is 6.82. The molecule has 0 aromatic heterocycles. The van der Waals surface area contributed by atoms with E-state index < -0.39 is 5.54 Å². The lowest BCUT2D eigenvalue weighted by Gasteiger charge is -2.26. The second kappa shape index (κ2) is 8.04. The minimum atomic E-state index is -0.445. The van der Waals surface area contributed by atoms with Gasteiger partial charge in [-0.05, 0) is 57.9 Å². The standard InChI is InChI=1S/C16H23ClN2O2.ClH/c1-4-16(8-5-9-18-16)15(20)19-12-6-7-14(13(17)10-12)21-11(2)3;/h6-7,10-11,18H,4-5,8-9H2,1-3H3,(H,19,20);1H. The van der Waals surface area contributed by atoms with Crippen LogP contribution in [0.25, 0.3) is 0 Å². The van der Waals surface area contributed by atoms with Crippen molar-refractivity contribution in [2.75, 3.05) is 11.9 Å². The van der Waals surface area contributed by atoms with Crippen molar-refractivity contribution in [1.82, 2.24) is 5.32 Å². The average molecular weight is 347 g/mol. The van der Waals surface area contributed by atoms with Gasteiger partial charge in [0.1, 0.15) is 5.75 Å². The number of hydrogen-bond acceptors (Lipinski definition) is 3. The lowest BCUT2D eigenvalue weighted by atomic mass is 9.93. The molecule has 1 unspecified atom stereocenters. The van der Waals surface area contributed by atoms with E-state index in [1.54, 1.807) is 12.1 Å². The topological polar surface area (TPSA) is 50.4 Å². The lowest BCUT2D eigenvalue weighted by Crippen LogP contribution is -2.50. The molecule has 6 heteroatoms. The fourth-order valence-corrected chi connectivity index (χ4v) is 2.87. The minimum Gasteiger partial charge on any atom is -0.489 e. The van der Waals surface area contributed by atoms with Gasteiger partial charge in [0, 0.05) is 5.69 Å². The van der Waals surface area contributed by atoms with E-state index in [1.165, 1.54) is 0 Å². The third kappa shape index (κ3) is 4.28. The van der Waals surface area contributed by atoms with Crippen LogP contribution in [0.1, 0.15) is 40.0 Å². The van der Waals surface area contributed by atoms with Gasteiger partial charge in [-0.2, -0.15) is 0 Å². The number of carbonyl (C=O) groups excluding carboxylic acids is 1. The van der Waals surface area contributed by atoms with Crippen molar-refractivity contribution < 1.29 is 9.53 Å². The number of halogens is 2. The molecule has 1 amide bonds. The zero-order chi connectivity index (χ0) is 15.5. The number of anilines is 1. The second-order valence-corrected chi connectivity index (χ2v) is 6.14. The van der Waals surface area contributed by atoms with E-state index in [0.29, 0.717) is 16.5 Å². The average Bonchev–Trinajstić information content (AvgIpc) is 2.91. The van der Waals surface area contributed by atoms with E-state index in [4.69, 9.17) is 16.3 Å². The van der Waals surface area contributed by atoms with Gasteiger partial charge < -0.3 is 15.4 Å². The molecule has 1 saturated heterocycles. The number of carbonyl (C=O) groups is 1. The van der Waals surface area contributed by atoms with Crippen molar-refractivity contribution >= 4 is 35.6 Å². The maximum atomic E-state index is 12.5. The molecular weight excluding hydrogens is 323 g/mol. The Morgan fingerprint density at radius 3 is 2.73 bits per heavy atom. The molecule has 1 heterocycles. The van der Waals surface area contributed by atoms with Gasteiger partial charge in [0.05, 0.1) is 16.7 Å². The Balaban J connectivity index is 0.00000242. The Morgan fingerprint density at radius 2 is 2.23 bits per heavy atom. The summed E-state index contributed by atoms with van der Waals surface area (Å²) < 4.78 is 5.59. The molecule has 22 heavy (non-hydrogen) atoms. The smallest absolute Gasteiger partial charge is 0.244 e. The van der Waals surface area contributed by atoms with E-state index in [9.17, 15) is 4.79 Å². The van der Waals surface area contributed by atoms with Gasteiger partial charge in [-0.25, -0.2) is 0 Å². The fraction of sp³-hybridized carbons (Fsp3) is 0.562. The number of amides is 1. The molecule has 0 bridgehead atoms. The molecule has 1 atom stereocenters. The zero-order valence-corrected chi connectivity index (χ0v) is 14.8. The van der Waals surface area contributed by atoms with Crippen molar-refractivity contribution in [2.45, 2.75) is 51.7 Å². The lowest BCUT2D eigenvalue weighted by molar-refractivity contribution is -0.122. The Kier molecular flexibility index (Phi) is 6.98. The summed E-state index contributed by atoms with van der Waals surface area (Å²) in [5.74, 6) is 0.643. The molecule has 4 nitrogen and oxygen atoms in total. The Labute approximate surface area is 143 Å². The number of rotatable bonds is 5. The quantitative estimate of drug-likeness (QED) is 0.846. The fourth-order valence-electron chi connectivity index (χ4n) is 2.64. The van der Waals surface area contributed by atoms with E-state index in [-0.39, 0.29) is 24.4 Å². The third-order valence-corrected chi connectivity index (χ3v) is 4.13.